The molecule has 0 saturated carbocycles. The molecule has 1 amide bonds. The maximum atomic E-state index is 12.0. The van der Waals surface area contributed by atoms with Gasteiger partial charge in [0.2, 0.25) is 15.9 Å². The number of amides is 1. The van der Waals surface area contributed by atoms with E-state index in [0.29, 0.717) is 19.4 Å². The number of hydrogen-bond acceptors (Lipinski definition) is 4. The van der Waals surface area contributed by atoms with Crippen LogP contribution < -0.4 is 10.1 Å². The minimum absolute atomic E-state index is 0.110. The van der Waals surface area contributed by atoms with Gasteiger partial charge >= 0.3 is 0 Å². The smallest absolute Gasteiger partial charge is 0.221 e. The van der Waals surface area contributed by atoms with E-state index in [1.807, 2.05) is 38.1 Å². The minimum atomic E-state index is -3.31. The van der Waals surface area contributed by atoms with Crippen molar-refractivity contribution < 1.29 is 17.9 Å². The zero-order valence-electron chi connectivity index (χ0n) is 14.9. The highest BCUT2D eigenvalue weighted by atomic mass is 32.2. The fourth-order valence-electron chi connectivity index (χ4n) is 2.46. The van der Waals surface area contributed by atoms with Gasteiger partial charge in [-0.15, -0.1) is 0 Å². The minimum Gasteiger partial charge on any atom is -0.496 e. The summed E-state index contributed by atoms with van der Waals surface area (Å²) < 4.78 is 30.2. The predicted molar refractivity (Wildman–Crippen MR) is 95.6 cm³/mol. The number of carbonyl (C=O) groups is 1. The van der Waals surface area contributed by atoms with E-state index >= 15 is 0 Å². The molecule has 1 rings (SSSR count). The average Bonchev–Trinajstić information content (AvgIpc) is 2.53. The number of benzene rings is 1. The summed E-state index contributed by atoms with van der Waals surface area (Å²) in [4.78, 5) is 12.0. The predicted octanol–water partition coefficient (Wildman–Crippen LogP) is 1.80. The second-order valence-corrected chi connectivity index (χ2v) is 7.73. The summed E-state index contributed by atoms with van der Waals surface area (Å²) >= 11 is 0. The first-order valence-corrected chi connectivity index (χ1v) is 9.99. The first-order chi connectivity index (χ1) is 11.3. The molecule has 0 aliphatic carbocycles. The molecule has 6 nitrogen and oxygen atoms in total. The maximum absolute atomic E-state index is 12.0. The van der Waals surface area contributed by atoms with Crippen molar-refractivity contribution in [3.63, 3.8) is 0 Å². The van der Waals surface area contributed by atoms with Gasteiger partial charge in [-0.05, 0) is 31.4 Å². The Labute approximate surface area is 145 Å². The summed E-state index contributed by atoms with van der Waals surface area (Å²) in [5, 5.41) is 2.83. The van der Waals surface area contributed by atoms with Crippen molar-refractivity contribution in [1.82, 2.24) is 9.62 Å². The van der Waals surface area contributed by atoms with Crippen molar-refractivity contribution in [2.45, 2.75) is 39.2 Å². The Bertz CT molecular complexity index is 631. The molecule has 136 valence electrons. The molecule has 1 aromatic rings. The number of rotatable bonds is 10. The van der Waals surface area contributed by atoms with Crippen LogP contribution in [0.25, 0.3) is 0 Å². The van der Waals surface area contributed by atoms with E-state index < -0.39 is 10.0 Å². The molecule has 1 unspecified atom stereocenters. The highest BCUT2D eigenvalue weighted by molar-refractivity contribution is 7.88. The maximum Gasteiger partial charge on any atom is 0.221 e. The van der Waals surface area contributed by atoms with Crippen molar-refractivity contribution in [2.75, 3.05) is 26.5 Å². The van der Waals surface area contributed by atoms with Crippen LogP contribution >= 0.6 is 0 Å². The number of carbonyl (C=O) groups excluding carboxylic acids is 1. The molecule has 0 bridgehead atoms. The molecule has 7 heteroatoms. The lowest BCUT2D eigenvalue weighted by atomic mass is 10.1. The second kappa shape index (κ2) is 9.64. The largest absolute Gasteiger partial charge is 0.496 e. The van der Waals surface area contributed by atoms with Crippen LogP contribution in [0.2, 0.25) is 0 Å². The first kappa shape index (κ1) is 20.4. The van der Waals surface area contributed by atoms with Gasteiger partial charge in [-0.25, -0.2) is 8.42 Å². The Morgan fingerprint density at radius 2 is 2.00 bits per heavy atom. The van der Waals surface area contributed by atoms with Crippen molar-refractivity contribution >= 4 is 15.9 Å². The van der Waals surface area contributed by atoms with Crippen molar-refractivity contribution in [3.8, 4) is 5.75 Å². The molecule has 0 aromatic heterocycles. The topological polar surface area (TPSA) is 75.7 Å². The lowest BCUT2D eigenvalue weighted by Crippen LogP contribution is -2.40. The lowest BCUT2D eigenvalue weighted by Gasteiger charge is -2.25. The summed E-state index contributed by atoms with van der Waals surface area (Å²) in [5.41, 5.74) is 1.03. The van der Waals surface area contributed by atoms with Crippen LogP contribution in [0, 0.1) is 0 Å². The number of nitrogens with zero attached hydrogens (tertiary/aromatic N) is 1. The molecule has 0 fully saturated rings. The van der Waals surface area contributed by atoms with Crippen LogP contribution in [0.5, 0.6) is 5.75 Å². The summed E-state index contributed by atoms with van der Waals surface area (Å²) in [5.74, 6) is 0.647. The molecule has 0 aliphatic heterocycles. The fraction of sp³-hybridized carbons (Fsp3) is 0.588. The van der Waals surface area contributed by atoms with Gasteiger partial charge in [0.15, 0.2) is 0 Å². The summed E-state index contributed by atoms with van der Waals surface area (Å²) in [7, 11) is -1.69. The van der Waals surface area contributed by atoms with E-state index in [1.165, 1.54) is 10.6 Å². The van der Waals surface area contributed by atoms with Gasteiger partial charge < -0.3 is 10.1 Å². The molecule has 0 radical (unpaired) electrons. The third kappa shape index (κ3) is 6.49. The van der Waals surface area contributed by atoms with Crippen molar-refractivity contribution in [1.29, 1.82) is 0 Å². The molecule has 1 N–H and O–H groups in total. The number of sulfonamides is 1. The Balaban J connectivity index is 2.46. The van der Waals surface area contributed by atoms with Crippen LogP contribution in [0.15, 0.2) is 24.3 Å². The van der Waals surface area contributed by atoms with E-state index in [-0.39, 0.29) is 24.9 Å². The van der Waals surface area contributed by atoms with E-state index in [1.54, 1.807) is 7.11 Å². The van der Waals surface area contributed by atoms with Crippen LogP contribution in [-0.4, -0.2) is 51.1 Å². The number of methoxy groups -OCH3 is 1. The van der Waals surface area contributed by atoms with Crippen LogP contribution in [0.3, 0.4) is 0 Å². The third-order valence-corrected chi connectivity index (χ3v) is 5.37. The van der Waals surface area contributed by atoms with Gasteiger partial charge in [0, 0.05) is 25.6 Å². The zero-order chi connectivity index (χ0) is 18.2. The molecule has 0 heterocycles. The van der Waals surface area contributed by atoms with Gasteiger partial charge in [0.1, 0.15) is 5.75 Å². The molecule has 1 aromatic carbocycles. The molecule has 0 aliphatic rings. The van der Waals surface area contributed by atoms with Crippen LogP contribution in [0.1, 0.15) is 32.3 Å². The van der Waals surface area contributed by atoms with Crippen molar-refractivity contribution in [2.24, 2.45) is 0 Å². The van der Waals surface area contributed by atoms with Crippen LogP contribution in [-0.2, 0) is 21.2 Å². The highest BCUT2D eigenvalue weighted by Gasteiger charge is 2.22. The third-order valence-electron chi connectivity index (χ3n) is 3.98. The summed E-state index contributed by atoms with van der Waals surface area (Å²) in [6, 6.07) is 7.55. The van der Waals surface area contributed by atoms with Gasteiger partial charge in [-0.3, -0.25) is 4.79 Å². The Morgan fingerprint density at radius 1 is 1.33 bits per heavy atom. The standard InChI is InChI=1S/C17H28N2O4S/c1-5-14(2)19(24(4,21)22)13-11-17(20)18-12-10-15-8-6-7-9-16(15)23-3/h6-9,14H,5,10-13H2,1-4H3,(H,18,20). The Morgan fingerprint density at radius 3 is 2.58 bits per heavy atom. The van der Waals surface area contributed by atoms with Gasteiger partial charge in [0.25, 0.3) is 0 Å². The molecular weight excluding hydrogens is 328 g/mol. The molecule has 24 heavy (non-hydrogen) atoms. The van der Waals surface area contributed by atoms with E-state index in [4.69, 9.17) is 4.74 Å². The van der Waals surface area contributed by atoms with E-state index in [9.17, 15) is 13.2 Å². The molecule has 0 spiro atoms. The molecular formula is C17H28N2O4S. The first-order valence-electron chi connectivity index (χ1n) is 8.15. The fourth-order valence-corrected chi connectivity index (χ4v) is 3.69. The Hall–Kier alpha value is -1.60. The lowest BCUT2D eigenvalue weighted by molar-refractivity contribution is -0.121. The SMILES string of the molecule is CCC(C)N(CCC(=O)NCCc1ccccc1OC)S(C)(=O)=O. The summed E-state index contributed by atoms with van der Waals surface area (Å²) in [6.07, 6.45) is 2.71. The quantitative estimate of drug-likeness (QED) is 0.694. The van der Waals surface area contributed by atoms with Crippen molar-refractivity contribution in [3.05, 3.63) is 29.8 Å². The monoisotopic (exact) mass is 356 g/mol. The zero-order valence-corrected chi connectivity index (χ0v) is 15.7. The molecule has 1 atom stereocenters. The second-order valence-electron chi connectivity index (χ2n) is 5.79. The van der Waals surface area contributed by atoms with Crippen LogP contribution in [0.4, 0.5) is 0 Å². The number of nitrogens with one attached hydrogen (secondary N) is 1. The van der Waals surface area contributed by atoms with E-state index in [0.717, 1.165) is 11.3 Å². The van der Waals surface area contributed by atoms with Gasteiger partial charge in [0.05, 0.1) is 13.4 Å². The summed E-state index contributed by atoms with van der Waals surface area (Å²) in [6.45, 7) is 4.46. The average molecular weight is 356 g/mol. The normalized spacial score (nSPS) is 12.9. The van der Waals surface area contributed by atoms with Gasteiger partial charge in [-0.2, -0.15) is 4.31 Å². The molecule has 0 saturated heterocycles. The number of hydrogen-bond donors (Lipinski definition) is 1. The highest BCUT2D eigenvalue weighted by Crippen LogP contribution is 2.17. The Kier molecular flexibility index (Phi) is 8.21. The van der Waals surface area contributed by atoms with Gasteiger partial charge in [-0.1, -0.05) is 25.1 Å². The number of ether oxygens (including phenoxy) is 1. The van der Waals surface area contributed by atoms with E-state index in [2.05, 4.69) is 5.32 Å². The number of para-hydroxylation sites is 1.